The Bertz CT molecular complexity index is 1160. The molecule has 0 aliphatic carbocycles. The SMILES string of the molecule is COc1cc2c(c(OC)c1)-c1cc(OCc3ccccc3)c/c(=N\CC3CCCO3)n1CC2. The predicted octanol–water partition coefficient (Wildman–Crippen LogP) is 4.39. The van der Waals surface area contributed by atoms with E-state index >= 15 is 0 Å². The maximum absolute atomic E-state index is 6.23. The van der Waals surface area contributed by atoms with E-state index in [1.165, 1.54) is 5.56 Å². The molecular formula is C27H30N2O4. The summed E-state index contributed by atoms with van der Waals surface area (Å²) in [6.45, 7) is 2.83. The molecular weight excluding hydrogens is 416 g/mol. The maximum Gasteiger partial charge on any atom is 0.132 e. The van der Waals surface area contributed by atoms with Crippen molar-refractivity contribution in [2.75, 3.05) is 27.4 Å². The van der Waals surface area contributed by atoms with Gasteiger partial charge in [-0.15, -0.1) is 0 Å². The average molecular weight is 447 g/mol. The van der Waals surface area contributed by atoms with Crippen molar-refractivity contribution in [3.8, 4) is 28.5 Å². The zero-order valence-corrected chi connectivity index (χ0v) is 19.3. The van der Waals surface area contributed by atoms with Crippen molar-refractivity contribution in [1.29, 1.82) is 0 Å². The lowest BCUT2D eigenvalue weighted by atomic mass is 9.95. The number of benzene rings is 2. The van der Waals surface area contributed by atoms with E-state index in [9.17, 15) is 0 Å². The molecule has 3 aromatic rings. The van der Waals surface area contributed by atoms with Gasteiger partial charge < -0.3 is 23.5 Å². The van der Waals surface area contributed by atoms with Crippen LogP contribution >= 0.6 is 0 Å². The fraction of sp³-hybridized carbons (Fsp3) is 0.370. The number of fused-ring (bicyclic) bond motifs is 3. The minimum Gasteiger partial charge on any atom is -0.497 e. The van der Waals surface area contributed by atoms with Crippen LogP contribution in [0.5, 0.6) is 17.2 Å². The summed E-state index contributed by atoms with van der Waals surface area (Å²) in [5, 5.41) is 0. The molecule has 0 amide bonds. The highest BCUT2D eigenvalue weighted by Crippen LogP contribution is 2.40. The second-order valence-electron chi connectivity index (χ2n) is 8.45. The molecule has 1 saturated heterocycles. The van der Waals surface area contributed by atoms with Gasteiger partial charge in [-0.1, -0.05) is 30.3 Å². The fourth-order valence-corrected chi connectivity index (χ4v) is 4.61. The molecule has 3 heterocycles. The van der Waals surface area contributed by atoms with Crippen molar-refractivity contribution in [2.24, 2.45) is 4.99 Å². The van der Waals surface area contributed by atoms with Gasteiger partial charge in [0.25, 0.3) is 0 Å². The molecule has 5 rings (SSSR count). The second-order valence-corrected chi connectivity index (χ2v) is 8.45. The molecule has 0 N–H and O–H groups in total. The van der Waals surface area contributed by atoms with Crippen molar-refractivity contribution >= 4 is 0 Å². The molecule has 2 aliphatic rings. The molecule has 0 saturated carbocycles. The Morgan fingerprint density at radius 1 is 1.03 bits per heavy atom. The Balaban J connectivity index is 1.58. The van der Waals surface area contributed by atoms with Gasteiger partial charge in [-0.2, -0.15) is 0 Å². The molecule has 1 unspecified atom stereocenters. The molecule has 0 radical (unpaired) electrons. The van der Waals surface area contributed by atoms with E-state index in [1.54, 1.807) is 14.2 Å². The summed E-state index contributed by atoms with van der Waals surface area (Å²) in [5.74, 6) is 2.39. The largest absolute Gasteiger partial charge is 0.497 e. The van der Waals surface area contributed by atoms with Crippen LogP contribution in [0.15, 0.2) is 59.6 Å². The van der Waals surface area contributed by atoms with Gasteiger partial charge in [-0.05, 0) is 36.5 Å². The normalized spacial score (nSPS) is 17.4. The number of rotatable bonds is 7. The van der Waals surface area contributed by atoms with E-state index in [4.69, 9.17) is 23.9 Å². The first kappa shape index (κ1) is 21.6. The smallest absolute Gasteiger partial charge is 0.132 e. The van der Waals surface area contributed by atoms with Crippen LogP contribution < -0.4 is 19.7 Å². The van der Waals surface area contributed by atoms with Crippen molar-refractivity contribution in [3.63, 3.8) is 0 Å². The summed E-state index contributed by atoms with van der Waals surface area (Å²) < 4.78 is 25.6. The molecule has 2 aromatic carbocycles. The molecule has 33 heavy (non-hydrogen) atoms. The standard InChI is InChI=1S/C27H30N2O4/c1-30-22-13-20-10-11-29-24(27(20)25(15-22)31-2)14-23(33-18-19-7-4-3-5-8-19)16-26(29)28-17-21-9-6-12-32-21/h3-5,7-8,13-16,21H,6,9-12,17-18H2,1-2H3/b28-26+. The molecule has 0 spiro atoms. The summed E-state index contributed by atoms with van der Waals surface area (Å²) >= 11 is 0. The molecule has 172 valence electrons. The van der Waals surface area contributed by atoms with Gasteiger partial charge in [0.2, 0.25) is 0 Å². The lowest BCUT2D eigenvalue weighted by Gasteiger charge is -2.26. The van der Waals surface area contributed by atoms with Crippen LogP contribution in [0.4, 0.5) is 0 Å². The van der Waals surface area contributed by atoms with E-state index in [-0.39, 0.29) is 6.10 Å². The Kier molecular flexibility index (Phi) is 6.35. The molecule has 0 bridgehead atoms. The fourth-order valence-electron chi connectivity index (χ4n) is 4.61. The average Bonchev–Trinajstić information content (AvgIpc) is 3.39. The summed E-state index contributed by atoms with van der Waals surface area (Å²) in [5.41, 5.74) is 5.37. The zero-order valence-electron chi connectivity index (χ0n) is 19.3. The predicted molar refractivity (Wildman–Crippen MR) is 127 cm³/mol. The van der Waals surface area contributed by atoms with E-state index in [0.29, 0.717) is 13.2 Å². The Hall–Kier alpha value is -3.25. The van der Waals surface area contributed by atoms with Crippen LogP contribution in [-0.2, 0) is 24.3 Å². The number of ether oxygens (including phenoxy) is 4. The van der Waals surface area contributed by atoms with Gasteiger partial charge in [0, 0.05) is 36.9 Å². The van der Waals surface area contributed by atoms with Gasteiger partial charge in [-0.3, -0.25) is 4.99 Å². The lowest BCUT2D eigenvalue weighted by molar-refractivity contribution is 0.117. The summed E-state index contributed by atoms with van der Waals surface area (Å²) in [4.78, 5) is 4.97. The molecule has 1 aromatic heterocycles. The number of hydrogen-bond donors (Lipinski definition) is 0. The number of aromatic nitrogens is 1. The highest BCUT2D eigenvalue weighted by atomic mass is 16.5. The number of aryl methyl sites for hydroxylation is 1. The molecule has 6 heteroatoms. The van der Waals surface area contributed by atoms with E-state index in [1.807, 2.05) is 30.3 Å². The van der Waals surface area contributed by atoms with Crippen LogP contribution in [0, 0.1) is 0 Å². The van der Waals surface area contributed by atoms with Crippen molar-refractivity contribution in [1.82, 2.24) is 4.57 Å². The van der Waals surface area contributed by atoms with Crippen molar-refractivity contribution in [3.05, 3.63) is 71.2 Å². The van der Waals surface area contributed by atoms with Crippen molar-refractivity contribution in [2.45, 2.75) is 38.5 Å². The van der Waals surface area contributed by atoms with Gasteiger partial charge >= 0.3 is 0 Å². The van der Waals surface area contributed by atoms with Gasteiger partial charge in [0.15, 0.2) is 0 Å². The Labute approximate surface area is 194 Å². The molecule has 1 atom stereocenters. The summed E-state index contributed by atoms with van der Waals surface area (Å²) in [6, 6.07) is 18.4. The highest BCUT2D eigenvalue weighted by Gasteiger charge is 2.23. The van der Waals surface area contributed by atoms with Gasteiger partial charge in [0.05, 0.1) is 32.6 Å². The Morgan fingerprint density at radius 3 is 2.67 bits per heavy atom. The third-order valence-electron chi connectivity index (χ3n) is 6.32. The van der Waals surface area contributed by atoms with Crippen LogP contribution in [0.3, 0.4) is 0 Å². The zero-order chi connectivity index (χ0) is 22.6. The first-order valence-electron chi connectivity index (χ1n) is 11.5. The van der Waals surface area contributed by atoms with Crippen LogP contribution in [-0.4, -0.2) is 38.0 Å². The lowest BCUT2D eigenvalue weighted by Crippen LogP contribution is -2.28. The number of nitrogens with zero attached hydrogens (tertiary/aromatic N) is 2. The molecule has 6 nitrogen and oxygen atoms in total. The van der Waals surface area contributed by atoms with Crippen LogP contribution in [0.1, 0.15) is 24.0 Å². The maximum atomic E-state index is 6.23. The minimum absolute atomic E-state index is 0.199. The van der Waals surface area contributed by atoms with E-state index < -0.39 is 0 Å². The molecule has 1 fully saturated rings. The first-order valence-corrected chi connectivity index (χ1v) is 11.5. The number of pyridine rings is 1. The van der Waals surface area contributed by atoms with Gasteiger partial charge in [0.1, 0.15) is 29.3 Å². The van der Waals surface area contributed by atoms with E-state index in [0.717, 1.165) is 72.0 Å². The number of hydrogen-bond acceptors (Lipinski definition) is 5. The van der Waals surface area contributed by atoms with Crippen molar-refractivity contribution < 1.29 is 18.9 Å². The third kappa shape index (κ3) is 4.62. The Morgan fingerprint density at radius 2 is 1.91 bits per heavy atom. The third-order valence-corrected chi connectivity index (χ3v) is 6.32. The highest BCUT2D eigenvalue weighted by molar-refractivity contribution is 5.75. The van der Waals surface area contributed by atoms with Gasteiger partial charge in [-0.25, -0.2) is 0 Å². The first-order chi connectivity index (χ1) is 16.2. The topological polar surface area (TPSA) is 54.2 Å². The van der Waals surface area contributed by atoms with E-state index in [2.05, 4.69) is 28.8 Å². The summed E-state index contributed by atoms with van der Waals surface area (Å²) in [7, 11) is 3.39. The minimum atomic E-state index is 0.199. The number of methoxy groups -OCH3 is 2. The van der Waals surface area contributed by atoms with Crippen LogP contribution in [0.25, 0.3) is 11.3 Å². The second kappa shape index (κ2) is 9.71. The quantitative estimate of drug-likeness (QED) is 0.540. The van der Waals surface area contributed by atoms with Crippen LogP contribution in [0.2, 0.25) is 0 Å². The monoisotopic (exact) mass is 446 g/mol. The molecule has 2 aliphatic heterocycles. The summed E-state index contributed by atoms with van der Waals surface area (Å²) in [6.07, 6.45) is 3.26.